The third-order valence-electron chi connectivity index (χ3n) is 4.65. The van der Waals surface area contributed by atoms with Crippen LogP contribution in [0.15, 0.2) is 40.4 Å². The third kappa shape index (κ3) is 3.24. The van der Waals surface area contributed by atoms with E-state index in [1.54, 1.807) is 0 Å². The molecule has 0 fully saturated rings. The average molecular weight is 345 g/mol. The van der Waals surface area contributed by atoms with Crippen molar-refractivity contribution in [1.29, 1.82) is 0 Å². The Morgan fingerprint density at radius 3 is 2.83 bits per heavy atom. The SMILES string of the molecule is C=C(Cl)CN(C(=O)Cc1c(C)noc1C)[C@@H]1CCc2ccccc21. The zero-order valence-corrected chi connectivity index (χ0v) is 14.8. The summed E-state index contributed by atoms with van der Waals surface area (Å²) < 4.78 is 5.17. The van der Waals surface area contributed by atoms with Gasteiger partial charge in [0.2, 0.25) is 5.91 Å². The molecule has 1 aliphatic carbocycles. The minimum absolute atomic E-state index is 0.0212. The smallest absolute Gasteiger partial charge is 0.228 e. The Labute approximate surface area is 147 Å². The van der Waals surface area contributed by atoms with Crippen LogP contribution in [0.4, 0.5) is 0 Å². The van der Waals surface area contributed by atoms with E-state index in [-0.39, 0.29) is 18.4 Å². The van der Waals surface area contributed by atoms with Gasteiger partial charge < -0.3 is 9.42 Å². The van der Waals surface area contributed by atoms with Crippen molar-refractivity contribution in [3.63, 3.8) is 0 Å². The van der Waals surface area contributed by atoms with Gasteiger partial charge in [0.1, 0.15) is 5.76 Å². The van der Waals surface area contributed by atoms with Crippen molar-refractivity contribution < 1.29 is 9.32 Å². The van der Waals surface area contributed by atoms with Crippen LogP contribution in [0, 0.1) is 13.8 Å². The zero-order valence-electron chi connectivity index (χ0n) is 14.0. The van der Waals surface area contributed by atoms with Gasteiger partial charge in [0.25, 0.3) is 0 Å². The van der Waals surface area contributed by atoms with Crippen molar-refractivity contribution in [3.8, 4) is 0 Å². The molecule has 1 amide bonds. The summed E-state index contributed by atoms with van der Waals surface area (Å²) in [6.45, 7) is 7.82. The van der Waals surface area contributed by atoms with Crippen molar-refractivity contribution in [2.75, 3.05) is 6.54 Å². The van der Waals surface area contributed by atoms with Gasteiger partial charge in [-0.2, -0.15) is 0 Å². The molecule has 0 aliphatic heterocycles. The Balaban J connectivity index is 1.87. The summed E-state index contributed by atoms with van der Waals surface area (Å²) in [4.78, 5) is 14.8. The molecule has 0 radical (unpaired) electrons. The van der Waals surface area contributed by atoms with E-state index in [1.165, 1.54) is 11.1 Å². The second-order valence-corrected chi connectivity index (χ2v) is 6.81. The molecule has 4 nitrogen and oxygen atoms in total. The Morgan fingerprint density at radius 1 is 1.42 bits per heavy atom. The number of hydrogen-bond donors (Lipinski definition) is 0. The van der Waals surface area contributed by atoms with E-state index in [2.05, 4.69) is 23.9 Å². The average Bonchev–Trinajstić information content (AvgIpc) is 3.11. The predicted octanol–water partition coefficient (Wildman–Crippen LogP) is 4.10. The number of aromatic nitrogens is 1. The molecule has 5 heteroatoms. The fourth-order valence-electron chi connectivity index (χ4n) is 3.42. The van der Waals surface area contributed by atoms with Gasteiger partial charge >= 0.3 is 0 Å². The van der Waals surface area contributed by atoms with E-state index < -0.39 is 0 Å². The fraction of sp³-hybridized carbons (Fsp3) is 0.368. The number of nitrogens with zero attached hydrogens (tertiary/aromatic N) is 2. The van der Waals surface area contributed by atoms with Gasteiger partial charge in [-0.1, -0.05) is 47.6 Å². The van der Waals surface area contributed by atoms with Gasteiger partial charge in [0.05, 0.1) is 24.7 Å². The maximum Gasteiger partial charge on any atom is 0.228 e. The Hall–Kier alpha value is -2.07. The van der Waals surface area contributed by atoms with Crippen LogP contribution in [0.1, 0.15) is 40.6 Å². The lowest BCUT2D eigenvalue weighted by Gasteiger charge is -2.29. The second-order valence-electron chi connectivity index (χ2n) is 6.27. The summed E-state index contributed by atoms with van der Waals surface area (Å²) in [7, 11) is 0. The van der Waals surface area contributed by atoms with E-state index >= 15 is 0 Å². The number of halogens is 1. The number of carbonyl (C=O) groups is 1. The Bertz CT molecular complexity index is 762. The van der Waals surface area contributed by atoms with Crippen LogP contribution in [0.25, 0.3) is 0 Å². The summed E-state index contributed by atoms with van der Waals surface area (Å²) in [5.41, 5.74) is 4.13. The minimum Gasteiger partial charge on any atom is -0.361 e. The Kier molecular flexibility index (Phi) is 4.76. The molecule has 0 bridgehead atoms. The number of hydrogen-bond acceptors (Lipinski definition) is 3. The van der Waals surface area contributed by atoms with Gasteiger partial charge in [-0.05, 0) is 37.8 Å². The molecule has 3 rings (SSSR count). The molecule has 1 heterocycles. The highest BCUT2D eigenvalue weighted by atomic mass is 35.5. The van der Waals surface area contributed by atoms with Crippen molar-refractivity contribution in [2.45, 2.75) is 39.2 Å². The molecule has 0 saturated carbocycles. The number of rotatable bonds is 5. The van der Waals surface area contributed by atoms with E-state index in [0.717, 1.165) is 24.1 Å². The van der Waals surface area contributed by atoms with Crippen LogP contribution >= 0.6 is 11.6 Å². The number of benzene rings is 1. The standard InChI is InChI=1S/C19H21ClN2O2/c1-12(20)11-22(18-9-8-15-6-4-5-7-16(15)18)19(23)10-17-13(2)21-24-14(17)3/h4-7,18H,1,8-11H2,2-3H3/t18-/m1/s1. The van der Waals surface area contributed by atoms with Crippen LogP contribution in [0.5, 0.6) is 0 Å². The van der Waals surface area contributed by atoms with E-state index in [0.29, 0.717) is 17.3 Å². The summed E-state index contributed by atoms with van der Waals surface area (Å²) in [5.74, 6) is 0.713. The van der Waals surface area contributed by atoms with Gasteiger partial charge in [0.15, 0.2) is 0 Å². The zero-order chi connectivity index (χ0) is 17.3. The van der Waals surface area contributed by atoms with Crippen LogP contribution in [0.3, 0.4) is 0 Å². The molecule has 126 valence electrons. The quantitative estimate of drug-likeness (QED) is 0.820. The van der Waals surface area contributed by atoms with E-state index in [9.17, 15) is 4.79 Å². The van der Waals surface area contributed by atoms with Gasteiger partial charge in [-0.15, -0.1) is 0 Å². The predicted molar refractivity (Wildman–Crippen MR) is 93.9 cm³/mol. The summed E-state index contributed by atoms with van der Waals surface area (Å²) in [6.07, 6.45) is 2.16. The van der Waals surface area contributed by atoms with Gasteiger partial charge in [-0.25, -0.2) is 0 Å². The van der Waals surface area contributed by atoms with E-state index in [1.807, 2.05) is 30.9 Å². The molecule has 1 aliphatic rings. The summed E-state index contributed by atoms with van der Waals surface area (Å²) >= 11 is 6.05. The van der Waals surface area contributed by atoms with Gasteiger partial charge in [0, 0.05) is 10.6 Å². The highest BCUT2D eigenvalue weighted by Crippen LogP contribution is 2.36. The third-order valence-corrected chi connectivity index (χ3v) is 4.77. The Morgan fingerprint density at radius 2 is 2.17 bits per heavy atom. The highest BCUT2D eigenvalue weighted by molar-refractivity contribution is 6.29. The van der Waals surface area contributed by atoms with Crippen molar-refractivity contribution in [3.05, 3.63) is 64.0 Å². The van der Waals surface area contributed by atoms with Crippen LogP contribution < -0.4 is 0 Å². The van der Waals surface area contributed by atoms with Gasteiger partial charge in [-0.3, -0.25) is 4.79 Å². The first-order chi connectivity index (χ1) is 11.5. The first-order valence-corrected chi connectivity index (χ1v) is 8.47. The monoisotopic (exact) mass is 344 g/mol. The second kappa shape index (κ2) is 6.81. The highest BCUT2D eigenvalue weighted by Gasteiger charge is 2.31. The lowest BCUT2D eigenvalue weighted by Crippen LogP contribution is -2.36. The summed E-state index contributed by atoms with van der Waals surface area (Å²) in [5, 5.41) is 4.40. The lowest BCUT2D eigenvalue weighted by atomic mass is 10.0. The van der Waals surface area contributed by atoms with Crippen LogP contribution in [-0.4, -0.2) is 22.5 Å². The van der Waals surface area contributed by atoms with Crippen LogP contribution in [0.2, 0.25) is 0 Å². The van der Waals surface area contributed by atoms with Crippen LogP contribution in [-0.2, 0) is 17.6 Å². The lowest BCUT2D eigenvalue weighted by molar-refractivity contribution is -0.132. The minimum atomic E-state index is 0.0212. The topological polar surface area (TPSA) is 46.3 Å². The van der Waals surface area contributed by atoms with Crippen molar-refractivity contribution in [1.82, 2.24) is 10.1 Å². The summed E-state index contributed by atoms with van der Waals surface area (Å²) in [6, 6.07) is 8.33. The first-order valence-electron chi connectivity index (χ1n) is 8.09. The molecule has 0 N–H and O–H groups in total. The molecule has 0 saturated heterocycles. The first kappa shape index (κ1) is 16.8. The molecule has 2 aromatic rings. The number of carbonyl (C=O) groups excluding carboxylic acids is 1. The number of amides is 1. The fourth-order valence-corrected chi connectivity index (χ4v) is 3.55. The molecular formula is C19H21ClN2O2. The van der Waals surface area contributed by atoms with Crippen molar-refractivity contribution in [2.24, 2.45) is 0 Å². The largest absolute Gasteiger partial charge is 0.361 e. The molecule has 24 heavy (non-hydrogen) atoms. The molecule has 0 unspecified atom stereocenters. The number of aryl methyl sites for hydroxylation is 3. The molecule has 1 aromatic carbocycles. The molecule has 0 spiro atoms. The molecule has 1 atom stereocenters. The maximum atomic E-state index is 13.0. The molecule has 1 aromatic heterocycles. The normalized spacial score (nSPS) is 16.0. The van der Waals surface area contributed by atoms with E-state index in [4.69, 9.17) is 16.1 Å². The molecular weight excluding hydrogens is 324 g/mol. The number of fused-ring (bicyclic) bond motifs is 1. The maximum absolute atomic E-state index is 13.0. The van der Waals surface area contributed by atoms with Crippen molar-refractivity contribution >= 4 is 17.5 Å².